The molecule has 1 atom stereocenters. The molecule has 1 aliphatic heterocycles. The van der Waals surface area contributed by atoms with E-state index in [0.717, 1.165) is 5.56 Å². The molecule has 0 saturated carbocycles. The number of ketones is 1. The Morgan fingerprint density at radius 3 is 2.59 bits per heavy atom. The number of benzene rings is 2. The fourth-order valence-corrected chi connectivity index (χ4v) is 3.66. The summed E-state index contributed by atoms with van der Waals surface area (Å²) < 4.78 is 10.6. The summed E-state index contributed by atoms with van der Waals surface area (Å²) in [6, 6.07) is 13.1. The van der Waals surface area contributed by atoms with E-state index in [0.29, 0.717) is 25.2 Å². The first-order chi connectivity index (χ1) is 15.5. The number of amides is 1. The van der Waals surface area contributed by atoms with Crippen molar-refractivity contribution in [1.82, 2.24) is 4.90 Å². The lowest BCUT2D eigenvalue weighted by molar-refractivity contribution is -0.129. The Labute approximate surface area is 187 Å². The van der Waals surface area contributed by atoms with Crippen LogP contribution < -0.4 is 4.74 Å². The molecule has 0 aromatic heterocycles. The molecule has 1 heterocycles. The van der Waals surface area contributed by atoms with Crippen LogP contribution in [0.2, 0.25) is 0 Å². The van der Waals surface area contributed by atoms with Gasteiger partial charge in [0.15, 0.2) is 23.0 Å². The monoisotopic (exact) mass is 437 g/mol. The van der Waals surface area contributed by atoms with Crippen LogP contribution in [0, 0.1) is 0 Å². The van der Waals surface area contributed by atoms with Crippen LogP contribution in [-0.2, 0) is 14.3 Å². The van der Waals surface area contributed by atoms with Crippen molar-refractivity contribution >= 4 is 17.8 Å². The number of phenolic OH excluding ortho intramolecular Hbond substituents is 1. The van der Waals surface area contributed by atoms with Crippen molar-refractivity contribution in [3.05, 3.63) is 77.1 Å². The molecular formula is C25H27NO6. The molecule has 1 amide bonds. The lowest BCUT2D eigenvalue weighted by Crippen LogP contribution is -2.32. The van der Waals surface area contributed by atoms with Gasteiger partial charge in [-0.2, -0.15) is 0 Å². The summed E-state index contributed by atoms with van der Waals surface area (Å²) in [6.07, 6.45) is 3.52. The Hall–Kier alpha value is -3.58. The Balaban J connectivity index is 2.00. The number of aliphatic hydroxyl groups excluding tert-OH is 1. The number of ether oxygens (including phenoxy) is 2. The van der Waals surface area contributed by atoms with Gasteiger partial charge in [-0.05, 0) is 42.7 Å². The highest BCUT2D eigenvalue weighted by Gasteiger charge is 2.42. The van der Waals surface area contributed by atoms with Crippen molar-refractivity contribution in [2.75, 3.05) is 26.9 Å². The standard InChI is InChI=1S/C25H27NO6/c1-3-32-21-16-18(11-13-19(21)27)23-22(20(28)12-10-17-8-5-4-6-9-17)24(29)25(30)26(23)14-7-15-31-2/h4-6,8-13,16,23,27,29H,3,7,14-15H2,1-2H3/b12-10+. The largest absolute Gasteiger partial charge is 0.504 e. The second-order valence-corrected chi connectivity index (χ2v) is 7.28. The number of methoxy groups -OCH3 is 1. The van der Waals surface area contributed by atoms with Gasteiger partial charge in [0.25, 0.3) is 5.91 Å². The molecule has 32 heavy (non-hydrogen) atoms. The van der Waals surface area contributed by atoms with E-state index in [1.165, 1.54) is 17.0 Å². The molecule has 2 aromatic carbocycles. The zero-order valence-corrected chi connectivity index (χ0v) is 18.2. The number of hydrogen-bond donors (Lipinski definition) is 2. The number of carbonyl (C=O) groups is 2. The van der Waals surface area contributed by atoms with E-state index in [-0.39, 0.29) is 23.6 Å². The second-order valence-electron chi connectivity index (χ2n) is 7.28. The minimum absolute atomic E-state index is 0.00673. The van der Waals surface area contributed by atoms with Crippen LogP contribution in [0.4, 0.5) is 0 Å². The molecule has 1 unspecified atom stereocenters. The van der Waals surface area contributed by atoms with E-state index in [2.05, 4.69) is 0 Å². The molecule has 0 radical (unpaired) electrons. The normalized spacial score (nSPS) is 16.2. The Morgan fingerprint density at radius 2 is 1.91 bits per heavy atom. The first-order valence-electron chi connectivity index (χ1n) is 10.4. The molecule has 0 aliphatic carbocycles. The number of aliphatic hydroxyl groups is 1. The molecule has 0 fully saturated rings. The summed E-state index contributed by atoms with van der Waals surface area (Å²) in [5, 5.41) is 20.7. The minimum Gasteiger partial charge on any atom is -0.504 e. The number of nitrogens with zero attached hydrogens (tertiary/aromatic N) is 1. The van der Waals surface area contributed by atoms with Crippen molar-refractivity contribution in [1.29, 1.82) is 0 Å². The van der Waals surface area contributed by atoms with E-state index >= 15 is 0 Å². The fourth-order valence-electron chi connectivity index (χ4n) is 3.66. The highest BCUT2D eigenvalue weighted by Crippen LogP contribution is 2.40. The summed E-state index contributed by atoms with van der Waals surface area (Å²) in [5.41, 5.74) is 1.37. The first-order valence-corrected chi connectivity index (χ1v) is 10.4. The molecule has 7 heteroatoms. The first kappa shape index (κ1) is 23.1. The maximum Gasteiger partial charge on any atom is 0.290 e. The predicted octanol–water partition coefficient (Wildman–Crippen LogP) is 3.81. The summed E-state index contributed by atoms with van der Waals surface area (Å²) >= 11 is 0. The third-order valence-corrected chi connectivity index (χ3v) is 5.14. The number of aromatic hydroxyl groups is 1. The lowest BCUT2D eigenvalue weighted by atomic mass is 9.95. The van der Waals surface area contributed by atoms with Crippen LogP contribution in [-0.4, -0.2) is 53.7 Å². The smallest absolute Gasteiger partial charge is 0.290 e. The maximum atomic E-state index is 13.1. The minimum atomic E-state index is -0.813. The zero-order valence-electron chi connectivity index (χ0n) is 18.2. The Bertz CT molecular complexity index is 1030. The Kier molecular flexibility index (Phi) is 7.68. The number of rotatable bonds is 10. The van der Waals surface area contributed by atoms with E-state index < -0.39 is 23.5 Å². The van der Waals surface area contributed by atoms with E-state index in [1.54, 1.807) is 32.2 Å². The van der Waals surface area contributed by atoms with Crippen molar-refractivity contribution in [3.63, 3.8) is 0 Å². The van der Waals surface area contributed by atoms with Crippen LogP contribution >= 0.6 is 0 Å². The van der Waals surface area contributed by atoms with Gasteiger partial charge in [0.1, 0.15) is 0 Å². The number of phenols is 1. The molecular weight excluding hydrogens is 410 g/mol. The van der Waals surface area contributed by atoms with Gasteiger partial charge in [0.05, 0.1) is 18.2 Å². The van der Waals surface area contributed by atoms with E-state index in [1.807, 2.05) is 30.3 Å². The summed E-state index contributed by atoms with van der Waals surface area (Å²) in [5.74, 6) is -1.46. The van der Waals surface area contributed by atoms with Gasteiger partial charge in [0.2, 0.25) is 0 Å². The third kappa shape index (κ3) is 5.00. The number of hydrogen-bond acceptors (Lipinski definition) is 6. The molecule has 3 rings (SSSR count). The quantitative estimate of drug-likeness (QED) is 0.434. The lowest BCUT2D eigenvalue weighted by Gasteiger charge is -2.27. The molecule has 168 valence electrons. The van der Waals surface area contributed by atoms with Gasteiger partial charge in [-0.25, -0.2) is 0 Å². The van der Waals surface area contributed by atoms with Crippen LogP contribution in [0.1, 0.15) is 30.5 Å². The molecule has 2 aromatic rings. The van der Waals surface area contributed by atoms with Gasteiger partial charge >= 0.3 is 0 Å². The van der Waals surface area contributed by atoms with Gasteiger partial charge in [0, 0.05) is 20.3 Å². The van der Waals surface area contributed by atoms with Crippen LogP contribution in [0.3, 0.4) is 0 Å². The number of allylic oxidation sites excluding steroid dienone is 1. The SMILES string of the molecule is CCOc1cc(C2C(C(=O)/C=C/c3ccccc3)=C(O)C(=O)N2CCCOC)ccc1O. The van der Waals surface area contributed by atoms with Gasteiger partial charge in [-0.1, -0.05) is 42.5 Å². The molecule has 1 aliphatic rings. The molecule has 0 spiro atoms. The topological polar surface area (TPSA) is 96.3 Å². The van der Waals surface area contributed by atoms with Crippen LogP contribution in [0.25, 0.3) is 6.08 Å². The highest BCUT2D eigenvalue weighted by molar-refractivity contribution is 6.14. The van der Waals surface area contributed by atoms with Crippen LogP contribution in [0.15, 0.2) is 65.9 Å². The van der Waals surface area contributed by atoms with E-state index in [4.69, 9.17) is 9.47 Å². The van der Waals surface area contributed by atoms with Crippen molar-refractivity contribution < 1.29 is 29.3 Å². The van der Waals surface area contributed by atoms with Crippen molar-refractivity contribution in [2.45, 2.75) is 19.4 Å². The summed E-state index contributed by atoms with van der Waals surface area (Å²) in [6.45, 7) is 2.84. The average molecular weight is 437 g/mol. The van der Waals surface area contributed by atoms with Gasteiger partial charge < -0.3 is 24.6 Å². The van der Waals surface area contributed by atoms with E-state index in [9.17, 15) is 19.8 Å². The second kappa shape index (κ2) is 10.6. The molecule has 7 nitrogen and oxygen atoms in total. The van der Waals surface area contributed by atoms with Crippen LogP contribution in [0.5, 0.6) is 11.5 Å². The number of carbonyl (C=O) groups excluding carboxylic acids is 2. The maximum absolute atomic E-state index is 13.1. The van der Waals surface area contributed by atoms with Crippen molar-refractivity contribution in [2.24, 2.45) is 0 Å². The third-order valence-electron chi connectivity index (χ3n) is 5.14. The highest BCUT2D eigenvalue weighted by atomic mass is 16.5. The van der Waals surface area contributed by atoms with Gasteiger partial charge in [-0.15, -0.1) is 0 Å². The van der Waals surface area contributed by atoms with Crippen molar-refractivity contribution in [3.8, 4) is 11.5 Å². The molecule has 0 saturated heterocycles. The zero-order chi connectivity index (χ0) is 23.1. The van der Waals surface area contributed by atoms with Gasteiger partial charge in [-0.3, -0.25) is 9.59 Å². The fraction of sp³-hybridized carbons (Fsp3) is 0.280. The molecule has 0 bridgehead atoms. The Morgan fingerprint density at radius 1 is 1.16 bits per heavy atom. The average Bonchev–Trinajstić information content (AvgIpc) is 3.05. The summed E-state index contributed by atoms with van der Waals surface area (Å²) in [7, 11) is 1.57. The summed E-state index contributed by atoms with van der Waals surface area (Å²) in [4.78, 5) is 27.4. The predicted molar refractivity (Wildman–Crippen MR) is 120 cm³/mol. The molecule has 2 N–H and O–H groups in total.